The molecule has 2 N–H and O–H groups in total. The second-order valence-electron chi connectivity index (χ2n) is 8.38. The SMILES string of the molecule is CC1NNC(C)C1CC(=O)N1CCCC(c2nc(-c3cccs3)cc(C(F)(F)F)n2)C1. The molecule has 2 saturated heterocycles. The average molecular weight is 454 g/mol. The number of halogens is 3. The number of hydrogen-bond acceptors (Lipinski definition) is 6. The van der Waals surface area contributed by atoms with E-state index < -0.39 is 11.9 Å². The van der Waals surface area contributed by atoms with Crippen molar-refractivity contribution in [3.05, 3.63) is 35.1 Å². The molecule has 31 heavy (non-hydrogen) atoms. The Morgan fingerprint density at radius 3 is 2.65 bits per heavy atom. The van der Waals surface area contributed by atoms with Crippen molar-refractivity contribution < 1.29 is 18.0 Å². The summed E-state index contributed by atoms with van der Waals surface area (Å²) in [5.74, 6) is 0.0579. The number of thiophene rings is 1. The van der Waals surface area contributed by atoms with E-state index in [1.165, 1.54) is 11.3 Å². The number of carbonyl (C=O) groups excluding carboxylic acids is 1. The summed E-state index contributed by atoms with van der Waals surface area (Å²) in [6.07, 6.45) is -2.77. The monoisotopic (exact) mass is 453 g/mol. The van der Waals surface area contributed by atoms with E-state index in [1.807, 2.05) is 13.8 Å². The van der Waals surface area contributed by atoms with Crippen LogP contribution >= 0.6 is 11.3 Å². The zero-order valence-corrected chi connectivity index (χ0v) is 18.3. The molecule has 3 atom stereocenters. The van der Waals surface area contributed by atoms with Crippen LogP contribution in [0.3, 0.4) is 0 Å². The summed E-state index contributed by atoms with van der Waals surface area (Å²) in [5, 5.41) is 1.81. The van der Waals surface area contributed by atoms with Crippen LogP contribution in [-0.4, -0.2) is 45.9 Å². The largest absolute Gasteiger partial charge is 0.433 e. The minimum absolute atomic E-state index is 0.0318. The number of hydrazine groups is 1. The molecule has 4 heterocycles. The van der Waals surface area contributed by atoms with E-state index in [4.69, 9.17) is 0 Å². The van der Waals surface area contributed by atoms with Crippen molar-refractivity contribution in [1.82, 2.24) is 25.7 Å². The highest BCUT2D eigenvalue weighted by atomic mass is 32.1. The van der Waals surface area contributed by atoms with E-state index in [9.17, 15) is 18.0 Å². The maximum Gasteiger partial charge on any atom is 0.433 e. The van der Waals surface area contributed by atoms with Crippen molar-refractivity contribution in [3.8, 4) is 10.6 Å². The van der Waals surface area contributed by atoms with Crippen LogP contribution in [0.2, 0.25) is 0 Å². The highest BCUT2D eigenvalue weighted by Crippen LogP contribution is 2.34. The fourth-order valence-corrected chi connectivity index (χ4v) is 5.04. The summed E-state index contributed by atoms with van der Waals surface area (Å²) in [5.41, 5.74) is 5.66. The Labute approximate surface area is 183 Å². The van der Waals surface area contributed by atoms with Crippen molar-refractivity contribution in [1.29, 1.82) is 0 Å². The molecule has 168 valence electrons. The van der Waals surface area contributed by atoms with Crippen LogP contribution in [0, 0.1) is 5.92 Å². The van der Waals surface area contributed by atoms with Crippen LogP contribution in [0.1, 0.15) is 50.5 Å². The van der Waals surface area contributed by atoms with Crippen molar-refractivity contribution in [3.63, 3.8) is 0 Å². The number of carbonyl (C=O) groups is 1. The Bertz CT molecular complexity index is 910. The van der Waals surface area contributed by atoms with E-state index >= 15 is 0 Å². The first-order valence-electron chi connectivity index (χ1n) is 10.5. The van der Waals surface area contributed by atoms with E-state index in [1.54, 1.807) is 22.4 Å². The van der Waals surface area contributed by atoms with E-state index in [-0.39, 0.29) is 41.3 Å². The zero-order valence-electron chi connectivity index (χ0n) is 17.4. The summed E-state index contributed by atoms with van der Waals surface area (Å²) >= 11 is 1.34. The van der Waals surface area contributed by atoms with Crippen LogP contribution in [-0.2, 0) is 11.0 Å². The molecule has 2 aromatic heterocycles. The van der Waals surface area contributed by atoms with E-state index in [2.05, 4.69) is 20.8 Å². The third kappa shape index (κ3) is 4.91. The van der Waals surface area contributed by atoms with Gasteiger partial charge in [-0.05, 0) is 44.2 Å². The molecule has 0 radical (unpaired) electrons. The quantitative estimate of drug-likeness (QED) is 0.737. The maximum absolute atomic E-state index is 13.5. The first kappa shape index (κ1) is 22.2. The van der Waals surface area contributed by atoms with E-state index in [0.717, 1.165) is 12.5 Å². The molecular formula is C21H26F3N5OS. The Morgan fingerprint density at radius 1 is 1.26 bits per heavy atom. The fourth-order valence-electron chi connectivity index (χ4n) is 4.35. The van der Waals surface area contributed by atoms with Gasteiger partial charge in [-0.15, -0.1) is 11.3 Å². The molecule has 2 aliphatic rings. The minimum Gasteiger partial charge on any atom is -0.342 e. The van der Waals surface area contributed by atoms with Crippen LogP contribution in [0.4, 0.5) is 13.2 Å². The minimum atomic E-state index is -4.55. The highest BCUT2D eigenvalue weighted by Gasteiger charge is 2.37. The third-order valence-corrected chi connectivity index (χ3v) is 7.07. The molecule has 4 rings (SSSR count). The predicted molar refractivity (Wildman–Crippen MR) is 112 cm³/mol. The number of likely N-dealkylation sites (tertiary alicyclic amines) is 1. The lowest BCUT2D eigenvalue weighted by Gasteiger charge is -2.33. The maximum atomic E-state index is 13.5. The fraction of sp³-hybridized carbons (Fsp3) is 0.571. The average Bonchev–Trinajstić information content (AvgIpc) is 3.39. The zero-order chi connectivity index (χ0) is 22.2. The number of nitrogens with zero attached hydrogens (tertiary/aromatic N) is 3. The number of piperidine rings is 1. The molecule has 6 nitrogen and oxygen atoms in total. The molecule has 2 aromatic rings. The van der Waals surface area contributed by atoms with Gasteiger partial charge in [-0.2, -0.15) is 13.2 Å². The number of aromatic nitrogens is 2. The summed E-state index contributed by atoms with van der Waals surface area (Å²) in [7, 11) is 0. The Morgan fingerprint density at radius 2 is 2.00 bits per heavy atom. The molecule has 3 unspecified atom stereocenters. The lowest BCUT2D eigenvalue weighted by molar-refractivity contribution is -0.141. The molecule has 0 saturated carbocycles. The molecule has 2 aliphatic heterocycles. The summed E-state index contributed by atoms with van der Waals surface area (Å²) in [6.45, 7) is 5.04. The van der Waals surface area contributed by atoms with E-state index in [0.29, 0.717) is 30.8 Å². The molecule has 0 aromatic carbocycles. The van der Waals surface area contributed by atoms with Gasteiger partial charge in [0.15, 0.2) is 0 Å². The Balaban J connectivity index is 1.55. The van der Waals surface area contributed by atoms with Gasteiger partial charge in [-0.25, -0.2) is 9.97 Å². The lowest BCUT2D eigenvalue weighted by Crippen LogP contribution is -2.41. The van der Waals surface area contributed by atoms with Crippen LogP contribution in [0.15, 0.2) is 23.6 Å². The first-order chi connectivity index (χ1) is 14.7. The number of alkyl halides is 3. The summed E-state index contributed by atoms with van der Waals surface area (Å²) < 4.78 is 40.5. The number of nitrogens with one attached hydrogen (secondary N) is 2. The molecule has 2 fully saturated rings. The van der Waals surface area contributed by atoms with Crippen LogP contribution in [0.25, 0.3) is 10.6 Å². The number of hydrogen-bond donors (Lipinski definition) is 2. The summed E-state index contributed by atoms with van der Waals surface area (Å²) in [6, 6.07) is 4.90. The number of amides is 1. The van der Waals surface area contributed by atoms with Gasteiger partial charge in [0.1, 0.15) is 11.5 Å². The van der Waals surface area contributed by atoms with Gasteiger partial charge in [0.25, 0.3) is 0 Å². The smallest absolute Gasteiger partial charge is 0.342 e. The van der Waals surface area contributed by atoms with Gasteiger partial charge in [0, 0.05) is 43.4 Å². The molecule has 10 heteroatoms. The van der Waals surface area contributed by atoms with Crippen molar-refractivity contribution in [2.75, 3.05) is 13.1 Å². The van der Waals surface area contributed by atoms with Crippen LogP contribution in [0.5, 0.6) is 0 Å². The van der Waals surface area contributed by atoms with Crippen LogP contribution < -0.4 is 10.9 Å². The Kier molecular flexibility index (Phi) is 6.32. The van der Waals surface area contributed by atoms with Crippen molar-refractivity contribution >= 4 is 17.2 Å². The van der Waals surface area contributed by atoms with Gasteiger partial charge < -0.3 is 4.90 Å². The van der Waals surface area contributed by atoms with Gasteiger partial charge in [-0.1, -0.05) is 6.07 Å². The van der Waals surface area contributed by atoms with Gasteiger partial charge in [0.05, 0.1) is 10.6 Å². The van der Waals surface area contributed by atoms with Gasteiger partial charge >= 0.3 is 6.18 Å². The highest BCUT2D eigenvalue weighted by molar-refractivity contribution is 7.13. The molecule has 0 aliphatic carbocycles. The first-order valence-corrected chi connectivity index (χ1v) is 11.4. The lowest BCUT2D eigenvalue weighted by atomic mass is 9.91. The molecule has 0 bridgehead atoms. The second-order valence-corrected chi connectivity index (χ2v) is 9.33. The normalized spacial score (nSPS) is 26.9. The topological polar surface area (TPSA) is 70.2 Å². The number of rotatable bonds is 4. The van der Waals surface area contributed by atoms with Crippen molar-refractivity contribution in [2.24, 2.45) is 5.92 Å². The second kappa shape index (κ2) is 8.84. The third-order valence-electron chi connectivity index (χ3n) is 6.18. The van der Waals surface area contributed by atoms with Crippen molar-refractivity contribution in [2.45, 2.75) is 57.3 Å². The van der Waals surface area contributed by atoms with Gasteiger partial charge in [0.2, 0.25) is 5.91 Å². The molecular weight excluding hydrogens is 427 g/mol. The van der Waals surface area contributed by atoms with Gasteiger partial charge in [-0.3, -0.25) is 15.6 Å². The molecule has 0 spiro atoms. The molecule has 1 amide bonds. The predicted octanol–water partition coefficient (Wildman–Crippen LogP) is 3.82. The summed E-state index contributed by atoms with van der Waals surface area (Å²) in [4.78, 5) is 23.7. The standard InChI is InChI=1S/C21H26F3N5OS/c1-12-15(13(2)28-27-12)9-19(30)29-7-3-5-14(11-29)20-25-16(17-6-4-8-31-17)10-18(26-20)21(22,23)24/h4,6,8,10,12-15,27-28H,3,5,7,9,11H2,1-2H3. The Hall–Kier alpha value is -2.04.